The van der Waals surface area contributed by atoms with Crippen molar-refractivity contribution in [1.82, 2.24) is 15.1 Å². The van der Waals surface area contributed by atoms with Crippen molar-refractivity contribution in [3.63, 3.8) is 0 Å². The van der Waals surface area contributed by atoms with Crippen molar-refractivity contribution in [2.24, 2.45) is 0 Å². The standard InChI is InChI=1S/C25H25N3O2/c1-18(2)28-16-19(15-27-28)9-7-8-14-26-25(29)30-17-24-22-12-5-3-10-20(22)21-11-4-6-13-23(21)24/h3-6,10-13,15-16,18,24H,8,14,17H2,1-2H3,(H,26,29). The molecule has 1 aliphatic rings. The maximum atomic E-state index is 12.1. The first kappa shape index (κ1) is 19.8. The largest absolute Gasteiger partial charge is 0.449 e. The molecule has 1 amide bonds. The Labute approximate surface area is 177 Å². The number of amides is 1. The average Bonchev–Trinajstić information content (AvgIpc) is 3.35. The van der Waals surface area contributed by atoms with E-state index < -0.39 is 6.09 Å². The zero-order valence-electron chi connectivity index (χ0n) is 17.3. The van der Waals surface area contributed by atoms with E-state index in [1.54, 1.807) is 6.20 Å². The average molecular weight is 399 g/mol. The van der Waals surface area contributed by atoms with Crippen molar-refractivity contribution in [3.05, 3.63) is 77.6 Å². The van der Waals surface area contributed by atoms with Crippen molar-refractivity contribution in [1.29, 1.82) is 0 Å². The minimum absolute atomic E-state index is 0.0698. The molecule has 0 radical (unpaired) electrons. The van der Waals surface area contributed by atoms with Crippen LogP contribution in [0.1, 0.15) is 48.9 Å². The van der Waals surface area contributed by atoms with Gasteiger partial charge in [0.25, 0.3) is 0 Å². The monoisotopic (exact) mass is 399 g/mol. The predicted molar refractivity (Wildman–Crippen MR) is 117 cm³/mol. The third-order valence-corrected chi connectivity index (χ3v) is 5.23. The van der Waals surface area contributed by atoms with Crippen LogP contribution in [0.2, 0.25) is 0 Å². The van der Waals surface area contributed by atoms with Gasteiger partial charge in [0, 0.05) is 31.1 Å². The van der Waals surface area contributed by atoms with Crippen molar-refractivity contribution < 1.29 is 9.53 Å². The second kappa shape index (κ2) is 8.87. The number of nitrogens with zero attached hydrogens (tertiary/aromatic N) is 2. The number of ether oxygens (including phenoxy) is 1. The molecule has 0 saturated heterocycles. The van der Waals surface area contributed by atoms with E-state index in [1.807, 2.05) is 35.1 Å². The van der Waals surface area contributed by atoms with Crippen LogP contribution in [0.25, 0.3) is 11.1 Å². The molecule has 152 valence electrons. The third-order valence-electron chi connectivity index (χ3n) is 5.23. The fourth-order valence-corrected chi connectivity index (χ4v) is 3.73. The van der Waals surface area contributed by atoms with Crippen LogP contribution in [0.15, 0.2) is 60.9 Å². The molecule has 5 nitrogen and oxygen atoms in total. The van der Waals surface area contributed by atoms with Gasteiger partial charge in [0.05, 0.1) is 11.8 Å². The van der Waals surface area contributed by atoms with Gasteiger partial charge in [-0.1, -0.05) is 60.4 Å². The van der Waals surface area contributed by atoms with Gasteiger partial charge in [0.1, 0.15) is 6.61 Å². The highest BCUT2D eigenvalue weighted by Crippen LogP contribution is 2.44. The van der Waals surface area contributed by atoms with Crippen LogP contribution in [0.3, 0.4) is 0 Å². The topological polar surface area (TPSA) is 56.2 Å². The second-order valence-corrected chi connectivity index (χ2v) is 7.61. The molecule has 30 heavy (non-hydrogen) atoms. The minimum Gasteiger partial charge on any atom is -0.449 e. The molecule has 1 N–H and O–H groups in total. The summed E-state index contributed by atoms with van der Waals surface area (Å²) in [4.78, 5) is 12.1. The molecule has 0 saturated carbocycles. The van der Waals surface area contributed by atoms with Gasteiger partial charge in [-0.25, -0.2) is 4.79 Å². The Bertz CT molecular complexity index is 1060. The van der Waals surface area contributed by atoms with Crippen LogP contribution in [0, 0.1) is 11.8 Å². The highest BCUT2D eigenvalue weighted by molar-refractivity contribution is 5.79. The van der Waals surface area contributed by atoms with E-state index in [0.717, 1.165) is 5.56 Å². The smallest absolute Gasteiger partial charge is 0.407 e. The highest BCUT2D eigenvalue weighted by atomic mass is 16.5. The van der Waals surface area contributed by atoms with Gasteiger partial charge >= 0.3 is 6.09 Å². The Kier molecular flexibility index (Phi) is 5.85. The zero-order chi connectivity index (χ0) is 20.9. The van der Waals surface area contributed by atoms with Crippen LogP contribution in [0.4, 0.5) is 4.79 Å². The van der Waals surface area contributed by atoms with Crippen LogP contribution >= 0.6 is 0 Å². The molecule has 0 fully saturated rings. The van der Waals surface area contributed by atoms with Crippen LogP contribution in [-0.4, -0.2) is 29.0 Å². The number of hydrogen-bond donors (Lipinski definition) is 1. The summed E-state index contributed by atoms with van der Waals surface area (Å²) in [7, 11) is 0. The molecule has 0 spiro atoms. The summed E-state index contributed by atoms with van der Waals surface area (Å²) in [5.74, 6) is 6.20. The highest BCUT2D eigenvalue weighted by Gasteiger charge is 2.28. The quantitative estimate of drug-likeness (QED) is 0.498. The van der Waals surface area contributed by atoms with Crippen molar-refractivity contribution >= 4 is 6.09 Å². The third kappa shape index (κ3) is 4.23. The van der Waals surface area contributed by atoms with Crippen molar-refractivity contribution in [2.45, 2.75) is 32.2 Å². The fraction of sp³-hybridized carbons (Fsp3) is 0.280. The normalized spacial score (nSPS) is 12.1. The lowest BCUT2D eigenvalue weighted by molar-refractivity contribution is 0.143. The number of fused-ring (bicyclic) bond motifs is 3. The van der Waals surface area contributed by atoms with E-state index in [2.05, 4.69) is 60.4 Å². The molecule has 0 unspecified atom stereocenters. The second-order valence-electron chi connectivity index (χ2n) is 7.61. The van der Waals surface area contributed by atoms with Gasteiger partial charge in [-0.05, 0) is 36.1 Å². The molecule has 0 atom stereocenters. The van der Waals surface area contributed by atoms with Gasteiger partial charge in [-0.15, -0.1) is 0 Å². The number of carbonyl (C=O) groups excluding carboxylic acids is 1. The van der Waals surface area contributed by atoms with Gasteiger partial charge in [-0.2, -0.15) is 5.10 Å². The Morgan fingerprint density at radius 3 is 2.43 bits per heavy atom. The Morgan fingerprint density at radius 1 is 1.13 bits per heavy atom. The minimum atomic E-state index is -0.411. The molecule has 1 aliphatic carbocycles. The molecule has 0 bridgehead atoms. The summed E-state index contributed by atoms with van der Waals surface area (Å²) in [5.41, 5.74) is 5.74. The molecule has 0 aliphatic heterocycles. The number of alkyl carbamates (subject to hydrolysis) is 1. The fourth-order valence-electron chi connectivity index (χ4n) is 3.73. The summed E-state index contributed by atoms with van der Waals surface area (Å²) in [6.07, 6.45) is 3.82. The molecule has 4 rings (SSSR count). The first-order valence-corrected chi connectivity index (χ1v) is 10.3. The first-order valence-electron chi connectivity index (χ1n) is 10.3. The van der Waals surface area contributed by atoms with E-state index in [4.69, 9.17) is 4.74 Å². The molecule has 1 aromatic heterocycles. The maximum absolute atomic E-state index is 12.1. The summed E-state index contributed by atoms with van der Waals surface area (Å²) < 4.78 is 7.40. The zero-order valence-corrected chi connectivity index (χ0v) is 17.3. The van der Waals surface area contributed by atoms with Gasteiger partial charge in [-0.3, -0.25) is 4.68 Å². The maximum Gasteiger partial charge on any atom is 0.407 e. The van der Waals surface area contributed by atoms with Crippen molar-refractivity contribution in [3.8, 4) is 23.0 Å². The summed E-state index contributed by atoms with van der Waals surface area (Å²) in [6, 6.07) is 16.9. The lowest BCUT2D eigenvalue weighted by Gasteiger charge is -2.14. The summed E-state index contributed by atoms with van der Waals surface area (Å²) in [6.45, 7) is 4.91. The number of rotatable bonds is 5. The summed E-state index contributed by atoms with van der Waals surface area (Å²) >= 11 is 0. The van der Waals surface area contributed by atoms with Gasteiger partial charge in [0.15, 0.2) is 0 Å². The molecule has 3 aromatic rings. The number of aromatic nitrogens is 2. The SMILES string of the molecule is CC(C)n1cc(C#CCCNC(=O)OCC2c3ccccc3-c3ccccc32)cn1. The number of nitrogens with one attached hydrogen (secondary N) is 1. The predicted octanol–water partition coefficient (Wildman–Crippen LogP) is 4.74. The first-order chi connectivity index (χ1) is 14.6. The Balaban J connectivity index is 1.27. The molecular weight excluding hydrogens is 374 g/mol. The van der Waals surface area contributed by atoms with Gasteiger partial charge < -0.3 is 10.1 Å². The van der Waals surface area contributed by atoms with E-state index in [-0.39, 0.29) is 5.92 Å². The van der Waals surface area contributed by atoms with Crippen LogP contribution in [-0.2, 0) is 4.74 Å². The number of benzene rings is 2. The van der Waals surface area contributed by atoms with Gasteiger partial charge in [0.2, 0.25) is 0 Å². The number of carbonyl (C=O) groups is 1. The molecule has 2 aromatic carbocycles. The van der Waals surface area contributed by atoms with E-state index in [9.17, 15) is 4.79 Å². The molecular formula is C25H25N3O2. The van der Waals surface area contributed by atoms with Crippen molar-refractivity contribution in [2.75, 3.05) is 13.2 Å². The number of hydrogen-bond acceptors (Lipinski definition) is 3. The van der Waals surface area contributed by atoms with E-state index in [0.29, 0.717) is 25.6 Å². The van der Waals surface area contributed by atoms with Crippen LogP contribution < -0.4 is 5.32 Å². The van der Waals surface area contributed by atoms with E-state index in [1.165, 1.54) is 22.3 Å². The Hall–Kier alpha value is -3.52. The Morgan fingerprint density at radius 2 is 1.80 bits per heavy atom. The lowest BCUT2D eigenvalue weighted by atomic mass is 9.98. The lowest BCUT2D eigenvalue weighted by Crippen LogP contribution is -2.26. The molecule has 5 heteroatoms. The molecule has 1 heterocycles. The summed E-state index contributed by atoms with van der Waals surface area (Å²) in [5, 5.41) is 7.04. The van der Waals surface area contributed by atoms with E-state index >= 15 is 0 Å². The van der Waals surface area contributed by atoms with Crippen LogP contribution in [0.5, 0.6) is 0 Å².